The summed E-state index contributed by atoms with van der Waals surface area (Å²) in [6.45, 7) is 5.90. The van der Waals surface area contributed by atoms with Crippen LogP contribution in [0, 0.1) is 19.8 Å². The van der Waals surface area contributed by atoms with Crippen LogP contribution in [0.15, 0.2) is 70.8 Å². The molecule has 0 saturated carbocycles. The second-order valence-corrected chi connectivity index (χ2v) is 8.83. The van der Waals surface area contributed by atoms with Gasteiger partial charge in [-0.1, -0.05) is 17.8 Å². The van der Waals surface area contributed by atoms with Gasteiger partial charge in [0.2, 0.25) is 5.91 Å². The normalized spacial score (nSPS) is 14.5. The van der Waals surface area contributed by atoms with E-state index in [2.05, 4.69) is 64.4 Å². The van der Waals surface area contributed by atoms with Crippen molar-refractivity contribution in [1.29, 1.82) is 0 Å². The molecule has 0 radical (unpaired) electrons. The van der Waals surface area contributed by atoms with Gasteiger partial charge in [0.05, 0.1) is 6.20 Å². The first-order chi connectivity index (χ1) is 14.6. The Morgan fingerprint density at radius 1 is 1.00 bits per heavy atom. The minimum Gasteiger partial charge on any atom is -0.355 e. The maximum Gasteiger partial charge on any atom is 0.227 e. The third kappa shape index (κ3) is 5.00. The molecule has 2 aromatic carbocycles. The van der Waals surface area contributed by atoms with E-state index in [4.69, 9.17) is 0 Å². The first kappa shape index (κ1) is 20.4. The summed E-state index contributed by atoms with van der Waals surface area (Å²) in [5.74, 6) is 1.01. The molecule has 0 atom stereocenters. The van der Waals surface area contributed by atoms with E-state index in [1.807, 2.05) is 12.1 Å². The molecule has 0 spiro atoms. The van der Waals surface area contributed by atoms with E-state index in [0.29, 0.717) is 0 Å². The number of benzene rings is 2. The number of anilines is 2. The molecule has 30 heavy (non-hydrogen) atoms. The zero-order valence-electron chi connectivity index (χ0n) is 17.3. The Kier molecular flexibility index (Phi) is 6.33. The molecule has 1 aliphatic heterocycles. The molecule has 0 unspecified atom stereocenters. The highest BCUT2D eigenvalue weighted by molar-refractivity contribution is 7.99. The Balaban J connectivity index is 1.30. The molecule has 1 amide bonds. The van der Waals surface area contributed by atoms with Crippen molar-refractivity contribution in [3.05, 3.63) is 72.2 Å². The quantitative estimate of drug-likeness (QED) is 0.625. The third-order valence-electron chi connectivity index (χ3n) is 5.58. The average molecular weight is 419 g/mol. The van der Waals surface area contributed by atoms with Crippen LogP contribution in [0.3, 0.4) is 0 Å². The Bertz CT molecular complexity index is 999. The highest BCUT2D eigenvalue weighted by Crippen LogP contribution is 2.30. The van der Waals surface area contributed by atoms with Gasteiger partial charge in [0.1, 0.15) is 5.82 Å². The number of aromatic nitrogens is 2. The summed E-state index contributed by atoms with van der Waals surface area (Å²) < 4.78 is 0. The van der Waals surface area contributed by atoms with Crippen molar-refractivity contribution in [2.24, 2.45) is 5.92 Å². The molecule has 154 valence electrons. The van der Waals surface area contributed by atoms with Gasteiger partial charge in [-0.3, -0.25) is 9.78 Å². The molecule has 1 aliphatic rings. The number of carbonyl (C=O) groups excluding carboxylic acids is 1. The predicted molar refractivity (Wildman–Crippen MR) is 122 cm³/mol. The molecule has 1 saturated heterocycles. The summed E-state index contributed by atoms with van der Waals surface area (Å²) in [6, 6.07) is 14.6. The smallest absolute Gasteiger partial charge is 0.227 e. The standard InChI is InChI=1S/C24H26N4OS/c1-17-3-6-22(15-18(17)2)30-21-7-4-20(5-8-21)27-24(29)19-9-13-28(14-10-19)23-16-25-11-12-26-23/h3-8,11-12,15-16,19H,9-10,13-14H2,1-2H3,(H,27,29). The van der Waals surface area contributed by atoms with Gasteiger partial charge in [0.15, 0.2) is 0 Å². The first-order valence-electron chi connectivity index (χ1n) is 10.3. The summed E-state index contributed by atoms with van der Waals surface area (Å²) in [6.07, 6.45) is 6.80. The number of aryl methyl sites for hydroxylation is 2. The second-order valence-electron chi connectivity index (χ2n) is 7.69. The number of amides is 1. The minimum absolute atomic E-state index is 0.0301. The lowest BCUT2D eigenvalue weighted by atomic mass is 9.96. The van der Waals surface area contributed by atoms with Crippen molar-refractivity contribution in [2.45, 2.75) is 36.5 Å². The van der Waals surface area contributed by atoms with E-state index >= 15 is 0 Å². The number of hydrogen-bond donors (Lipinski definition) is 1. The van der Waals surface area contributed by atoms with Crippen molar-refractivity contribution < 1.29 is 4.79 Å². The maximum atomic E-state index is 12.7. The molecular weight excluding hydrogens is 392 g/mol. The van der Waals surface area contributed by atoms with Crippen LogP contribution in [0.2, 0.25) is 0 Å². The Labute approximate surface area is 181 Å². The van der Waals surface area contributed by atoms with Crippen LogP contribution in [-0.4, -0.2) is 29.0 Å². The van der Waals surface area contributed by atoms with Gasteiger partial charge in [0, 0.05) is 46.9 Å². The Hall–Kier alpha value is -2.86. The number of nitrogens with one attached hydrogen (secondary N) is 1. The van der Waals surface area contributed by atoms with Crippen molar-refractivity contribution in [2.75, 3.05) is 23.3 Å². The largest absolute Gasteiger partial charge is 0.355 e. The molecule has 5 nitrogen and oxygen atoms in total. The summed E-state index contributed by atoms with van der Waals surface area (Å²) in [5, 5.41) is 3.08. The van der Waals surface area contributed by atoms with Crippen LogP contribution in [-0.2, 0) is 4.79 Å². The summed E-state index contributed by atoms with van der Waals surface area (Å²) in [5.41, 5.74) is 3.45. The fourth-order valence-corrected chi connectivity index (χ4v) is 4.51. The van der Waals surface area contributed by atoms with Crippen LogP contribution in [0.5, 0.6) is 0 Å². The van der Waals surface area contributed by atoms with Gasteiger partial charge < -0.3 is 10.2 Å². The van der Waals surface area contributed by atoms with Gasteiger partial charge >= 0.3 is 0 Å². The molecule has 4 rings (SSSR count). The molecule has 1 N–H and O–H groups in total. The number of carbonyl (C=O) groups is 1. The molecule has 2 heterocycles. The Morgan fingerprint density at radius 2 is 1.73 bits per heavy atom. The lowest BCUT2D eigenvalue weighted by Gasteiger charge is -2.31. The fourth-order valence-electron chi connectivity index (χ4n) is 3.59. The molecule has 3 aromatic rings. The number of piperidine rings is 1. The third-order valence-corrected chi connectivity index (χ3v) is 6.57. The van der Waals surface area contributed by atoms with Crippen LogP contribution >= 0.6 is 11.8 Å². The zero-order valence-corrected chi connectivity index (χ0v) is 18.2. The topological polar surface area (TPSA) is 58.1 Å². The average Bonchev–Trinajstić information content (AvgIpc) is 2.78. The molecule has 0 aliphatic carbocycles. The molecule has 6 heteroatoms. The van der Waals surface area contributed by atoms with Crippen LogP contribution in [0.1, 0.15) is 24.0 Å². The number of hydrogen-bond acceptors (Lipinski definition) is 5. The van der Waals surface area contributed by atoms with E-state index in [0.717, 1.165) is 42.3 Å². The van der Waals surface area contributed by atoms with Gasteiger partial charge in [-0.2, -0.15) is 0 Å². The monoisotopic (exact) mass is 418 g/mol. The van der Waals surface area contributed by atoms with Crippen LogP contribution < -0.4 is 10.2 Å². The first-order valence-corrected chi connectivity index (χ1v) is 11.1. The highest BCUT2D eigenvalue weighted by Gasteiger charge is 2.25. The summed E-state index contributed by atoms with van der Waals surface area (Å²) >= 11 is 1.74. The lowest BCUT2D eigenvalue weighted by Crippen LogP contribution is -2.38. The van der Waals surface area contributed by atoms with Gasteiger partial charge in [-0.25, -0.2) is 4.98 Å². The van der Waals surface area contributed by atoms with Crippen molar-refractivity contribution in [1.82, 2.24) is 9.97 Å². The maximum absolute atomic E-state index is 12.7. The highest BCUT2D eigenvalue weighted by atomic mass is 32.2. The van der Waals surface area contributed by atoms with E-state index < -0.39 is 0 Å². The summed E-state index contributed by atoms with van der Waals surface area (Å²) in [7, 11) is 0. The molecule has 1 aromatic heterocycles. The van der Waals surface area contributed by atoms with Gasteiger partial charge in [-0.05, 0) is 74.2 Å². The van der Waals surface area contributed by atoms with Gasteiger partial charge in [0.25, 0.3) is 0 Å². The van der Waals surface area contributed by atoms with Crippen LogP contribution in [0.25, 0.3) is 0 Å². The van der Waals surface area contributed by atoms with E-state index in [9.17, 15) is 4.79 Å². The molecule has 1 fully saturated rings. The number of rotatable bonds is 5. The minimum atomic E-state index is 0.0301. The zero-order chi connectivity index (χ0) is 20.9. The van der Waals surface area contributed by atoms with Crippen molar-refractivity contribution in [3.8, 4) is 0 Å². The van der Waals surface area contributed by atoms with E-state index in [1.165, 1.54) is 16.0 Å². The fraction of sp³-hybridized carbons (Fsp3) is 0.292. The van der Waals surface area contributed by atoms with Crippen molar-refractivity contribution >= 4 is 29.2 Å². The SMILES string of the molecule is Cc1ccc(Sc2ccc(NC(=O)C3CCN(c4cnccn4)CC3)cc2)cc1C. The van der Waals surface area contributed by atoms with E-state index in [1.54, 1.807) is 30.4 Å². The van der Waals surface area contributed by atoms with Crippen LogP contribution in [0.4, 0.5) is 11.5 Å². The van der Waals surface area contributed by atoms with Gasteiger partial charge in [-0.15, -0.1) is 0 Å². The lowest BCUT2D eigenvalue weighted by molar-refractivity contribution is -0.120. The Morgan fingerprint density at radius 3 is 2.40 bits per heavy atom. The predicted octanol–water partition coefficient (Wildman–Crippen LogP) is 5.10. The van der Waals surface area contributed by atoms with E-state index in [-0.39, 0.29) is 11.8 Å². The van der Waals surface area contributed by atoms with Crippen molar-refractivity contribution in [3.63, 3.8) is 0 Å². The number of nitrogens with zero attached hydrogens (tertiary/aromatic N) is 3. The molecule has 0 bridgehead atoms. The second kappa shape index (κ2) is 9.30. The molecular formula is C24H26N4OS. The summed E-state index contributed by atoms with van der Waals surface area (Å²) in [4.78, 5) is 25.7.